The standard InChI is InChI=1S/C13H18BCl2NO2/c1-12(2)13(3,4)19-14(18-12)11(17)10-8(15)6-5-7-9(10)16/h5-7,11H,17H2,1-4H3/t11-/m0/s1. The number of benzene rings is 1. The summed E-state index contributed by atoms with van der Waals surface area (Å²) in [5.41, 5.74) is 6.03. The van der Waals surface area contributed by atoms with Gasteiger partial charge in [-0.05, 0) is 39.8 Å². The van der Waals surface area contributed by atoms with E-state index in [2.05, 4.69) is 0 Å². The highest BCUT2D eigenvalue weighted by Crippen LogP contribution is 2.41. The van der Waals surface area contributed by atoms with Crippen LogP contribution in [0.1, 0.15) is 39.2 Å². The van der Waals surface area contributed by atoms with Crippen LogP contribution in [0.4, 0.5) is 0 Å². The van der Waals surface area contributed by atoms with Crippen molar-refractivity contribution in [2.24, 2.45) is 5.73 Å². The summed E-state index contributed by atoms with van der Waals surface area (Å²) in [5.74, 6) is -0.526. The molecule has 1 aliphatic rings. The predicted molar refractivity (Wildman–Crippen MR) is 79.5 cm³/mol. The van der Waals surface area contributed by atoms with Gasteiger partial charge in [0.1, 0.15) is 0 Å². The van der Waals surface area contributed by atoms with Crippen LogP contribution < -0.4 is 5.73 Å². The SMILES string of the molecule is CC1(C)OB([C@@H](N)c2c(Cl)cccc2Cl)OC1(C)C. The first-order valence-electron chi connectivity index (χ1n) is 6.21. The molecule has 104 valence electrons. The number of rotatable bonds is 2. The molecule has 1 saturated heterocycles. The Hall–Kier alpha value is -0.255. The van der Waals surface area contributed by atoms with Gasteiger partial charge in [-0.15, -0.1) is 0 Å². The highest BCUT2D eigenvalue weighted by Gasteiger charge is 2.53. The van der Waals surface area contributed by atoms with E-state index in [-0.39, 0.29) is 0 Å². The maximum absolute atomic E-state index is 6.23. The molecule has 2 N–H and O–H groups in total. The van der Waals surface area contributed by atoms with E-state index >= 15 is 0 Å². The fourth-order valence-corrected chi connectivity index (χ4v) is 2.65. The lowest BCUT2D eigenvalue weighted by molar-refractivity contribution is 0.00578. The summed E-state index contributed by atoms with van der Waals surface area (Å²) in [7, 11) is -0.567. The molecule has 0 bridgehead atoms. The topological polar surface area (TPSA) is 44.5 Å². The number of nitrogens with two attached hydrogens (primary N) is 1. The van der Waals surface area contributed by atoms with Gasteiger partial charge < -0.3 is 15.0 Å². The van der Waals surface area contributed by atoms with E-state index in [0.717, 1.165) is 0 Å². The van der Waals surface area contributed by atoms with Gasteiger partial charge in [-0.25, -0.2) is 0 Å². The molecular formula is C13H18BCl2NO2. The van der Waals surface area contributed by atoms with Crippen LogP contribution in [-0.4, -0.2) is 18.3 Å². The van der Waals surface area contributed by atoms with Gasteiger partial charge in [0.15, 0.2) is 0 Å². The Morgan fingerprint density at radius 3 is 1.89 bits per heavy atom. The van der Waals surface area contributed by atoms with Crippen molar-refractivity contribution in [3.63, 3.8) is 0 Å². The van der Waals surface area contributed by atoms with Crippen LogP contribution in [0.2, 0.25) is 10.0 Å². The first-order chi connectivity index (χ1) is 8.66. The third kappa shape index (κ3) is 2.65. The Morgan fingerprint density at radius 1 is 1.05 bits per heavy atom. The average molecular weight is 302 g/mol. The number of hydrogen-bond donors (Lipinski definition) is 1. The molecule has 0 aliphatic carbocycles. The summed E-state index contributed by atoms with van der Waals surface area (Å²) in [4.78, 5) is 0. The molecular weight excluding hydrogens is 284 g/mol. The fourth-order valence-electron chi connectivity index (χ4n) is 2.00. The maximum Gasteiger partial charge on any atom is 0.480 e. The van der Waals surface area contributed by atoms with Crippen LogP contribution in [-0.2, 0) is 9.31 Å². The van der Waals surface area contributed by atoms with E-state index in [1.54, 1.807) is 18.2 Å². The highest BCUT2D eigenvalue weighted by molar-refractivity contribution is 6.49. The second kappa shape index (κ2) is 4.94. The third-order valence-corrected chi connectivity index (χ3v) is 4.56. The number of halogens is 2. The zero-order valence-electron chi connectivity index (χ0n) is 11.5. The lowest BCUT2D eigenvalue weighted by atomic mass is 9.75. The Kier molecular flexibility index (Phi) is 3.93. The minimum atomic E-state index is -0.567. The van der Waals surface area contributed by atoms with Gasteiger partial charge in [-0.1, -0.05) is 29.3 Å². The Morgan fingerprint density at radius 2 is 1.47 bits per heavy atom. The summed E-state index contributed by atoms with van der Waals surface area (Å²) in [6.45, 7) is 7.92. The molecule has 1 aromatic carbocycles. The Labute approximate surface area is 124 Å². The second-order valence-corrected chi connectivity index (χ2v) is 6.60. The van der Waals surface area contributed by atoms with Crippen molar-refractivity contribution >= 4 is 30.3 Å². The third-order valence-electron chi connectivity index (χ3n) is 3.90. The molecule has 3 nitrogen and oxygen atoms in total. The highest BCUT2D eigenvalue weighted by atomic mass is 35.5. The van der Waals surface area contributed by atoms with Gasteiger partial charge in [0.2, 0.25) is 0 Å². The minimum absolute atomic E-state index is 0.428. The van der Waals surface area contributed by atoms with E-state index in [4.69, 9.17) is 38.2 Å². The largest absolute Gasteiger partial charge is 0.480 e. The zero-order chi connectivity index (χ0) is 14.4. The fraction of sp³-hybridized carbons (Fsp3) is 0.538. The van der Waals surface area contributed by atoms with Gasteiger partial charge in [-0.2, -0.15) is 0 Å². The average Bonchev–Trinajstić information content (AvgIpc) is 2.47. The summed E-state index contributed by atoms with van der Waals surface area (Å²) >= 11 is 12.3. The molecule has 0 unspecified atom stereocenters. The van der Waals surface area contributed by atoms with Crippen LogP contribution >= 0.6 is 23.2 Å². The van der Waals surface area contributed by atoms with Gasteiger partial charge in [-0.3, -0.25) is 0 Å². The summed E-state index contributed by atoms with van der Waals surface area (Å²) in [6, 6.07) is 5.30. The van der Waals surface area contributed by atoms with E-state index in [0.29, 0.717) is 15.6 Å². The molecule has 19 heavy (non-hydrogen) atoms. The minimum Gasteiger partial charge on any atom is -0.402 e. The smallest absolute Gasteiger partial charge is 0.402 e. The molecule has 0 radical (unpaired) electrons. The van der Waals surface area contributed by atoms with Crippen LogP contribution in [0.25, 0.3) is 0 Å². The van der Waals surface area contributed by atoms with Crippen molar-refractivity contribution in [1.82, 2.24) is 0 Å². The summed E-state index contributed by atoms with van der Waals surface area (Å²) in [6.07, 6.45) is 0. The molecule has 1 heterocycles. The van der Waals surface area contributed by atoms with Crippen molar-refractivity contribution in [2.45, 2.75) is 44.8 Å². The quantitative estimate of drug-likeness (QED) is 0.849. The molecule has 1 aliphatic heterocycles. The molecule has 2 rings (SSSR count). The van der Waals surface area contributed by atoms with Gasteiger partial charge in [0, 0.05) is 15.6 Å². The molecule has 0 saturated carbocycles. The molecule has 1 atom stereocenters. The van der Waals surface area contributed by atoms with E-state index in [1.807, 2.05) is 27.7 Å². The monoisotopic (exact) mass is 301 g/mol. The van der Waals surface area contributed by atoms with Gasteiger partial charge >= 0.3 is 7.12 Å². The van der Waals surface area contributed by atoms with Crippen molar-refractivity contribution < 1.29 is 9.31 Å². The van der Waals surface area contributed by atoms with Crippen LogP contribution in [0, 0.1) is 0 Å². The van der Waals surface area contributed by atoms with Gasteiger partial charge in [0.05, 0.1) is 17.1 Å². The summed E-state index contributed by atoms with van der Waals surface area (Å²) in [5, 5.41) is 1.05. The molecule has 0 spiro atoms. The Bertz CT molecular complexity index is 457. The van der Waals surface area contributed by atoms with Crippen LogP contribution in [0.15, 0.2) is 18.2 Å². The van der Waals surface area contributed by atoms with Crippen molar-refractivity contribution in [1.29, 1.82) is 0 Å². The first kappa shape index (κ1) is 15.1. The summed E-state index contributed by atoms with van der Waals surface area (Å²) < 4.78 is 11.9. The molecule has 1 aromatic rings. The zero-order valence-corrected chi connectivity index (χ0v) is 13.0. The Balaban J connectivity index is 2.30. The lowest BCUT2D eigenvalue weighted by Gasteiger charge is -2.32. The molecule has 6 heteroatoms. The van der Waals surface area contributed by atoms with Crippen LogP contribution in [0.5, 0.6) is 0 Å². The van der Waals surface area contributed by atoms with Crippen LogP contribution in [0.3, 0.4) is 0 Å². The van der Waals surface area contributed by atoms with Gasteiger partial charge in [0.25, 0.3) is 0 Å². The molecule has 1 fully saturated rings. The second-order valence-electron chi connectivity index (χ2n) is 5.79. The predicted octanol–water partition coefficient (Wildman–Crippen LogP) is 3.62. The van der Waals surface area contributed by atoms with E-state index in [1.165, 1.54) is 0 Å². The van der Waals surface area contributed by atoms with Crippen molar-refractivity contribution in [3.05, 3.63) is 33.8 Å². The van der Waals surface area contributed by atoms with E-state index < -0.39 is 24.3 Å². The van der Waals surface area contributed by atoms with Crippen molar-refractivity contribution in [3.8, 4) is 0 Å². The lowest BCUT2D eigenvalue weighted by Crippen LogP contribution is -2.41. The molecule has 0 aromatic heterocycles. The van der Waals surface area contributed by atoms with Crippen molar-refractivity contribution in [2.75, 3.05) is 0 Å². The number of hydrogen-bond acceptors (Lipinski definition) is 3. The first-order valence-corrected chi connectivity index (χ1v) is 6.96. The maximum atomic E-state index is 6.23. The van der Waals surface area contributed by atoms with E-state index in [9.17, 15) is 0 Å². The normalized spacial score (nSPS) is 22.6. The molecule has 0 amide bonds.